The van der Waals surface area contributed by atoms with E-state index in [1.807, 2.05) is 24.3 Å². The van der Waals surface area contributed by atoms with Gasteiger partial charge < -0.3 is 0 Å². The topological polar surface area (TPSA) is 90.7 Å². The summed E-state index contributed by atoms with van der Waals surface area (Å²) >= 11 is -0.858. The van der Waals surface area contributed by atoms with Gasteiger partial charge in [-0.15, -0.1) is 0 Å². The van der Waals surface area contributed by atoms with Gasteiger partial charge in [0.15, 0.2) is 0 Å². The second-order valence-corrected chi connectivity index (χ2v) is 9.03. The predicted octanol–water partition coefficient (Wildman–Crippen LogP) is 1.23. The molecule has 0 fully saturated rings. The van der Waals surface area contributed by atoms with E-state index < -0.39 is 15.8 Å². The third kappa shape index (κ3) is 5.50. The molecule has 1 aliphatic rings. The van der Waals surface area contributed by atoms with Crippen molar-refractivity contribution in [3.05, 3.63) is 48.0 Å². The van der Waals surface area contributed by atoms with Crippen molar-refractivity contribution in [2.24, 2.45) is 0 Å². The molecule has 2 aromatic carbocycles. The van der Waals surface area contributed by atoms with Gasteiger partial charge in [-0.25, -0.2) is 0 Å². The van der Waals surface area contributed by atoms with Crippen LogP contribution in [0.1, 0.15) is 29.6 Å². The number of hydrogen-bond acceptors (Lipinski definition) is 5. The number of carbonyl (C=O) groups excluding carboxylic acids is 2. The summed E-state index contributed by atoms with van der Waals surface area (Å²) in [5, 5.41) is 2.88. The van der Waals surface area contributed by atoms with E-state index >= 15 is 0 Å². The molecule has 0 spiro atoms. The molecule has 0 saturated carbocycles. The second-order valence-electron chi connectivity index (χ2n) is 6.21. The van der Waals surface area contributed by atoms with E-state index in [2.05, 4.69) is 5.32 Å². The number of carbonyl (C=O) groups is 2. The standard InChI is InChI=1S/C20H23AsN2O4/c22-16-6-2-1-5-15(16)21-19(24)7-3-4-10-23-20(25)14-8-9-17-18(13-14)27-12-11-26-17/h1-2,5-6,8-9,13,21H,3-4,7,10-12,22H2,(H,23,25). The van der Waals surface area contributed by atoms with Gasteiger partial charge in [-0.2, -0.15) is 0 Å². The molecule has 27 heavy (non-hydrogen) atoms. The molecule has 142 valence electrons. The number of hydrogen-bond donors (Lipinski definition) is 2. The molecule has 1 heterocycles. The Morgan fingerprint density at radius 3 is 2.63 bits per heavy atom. The van der Waals surface area contributed by atoms with Crippen molar-refractivity contribution >= 4 is 36.3 Å². The molecule has 0 saturated heterocycles. The summed E-state index contributed by atoms with van der Waals surface area (Å²) in [6.45, 7) is 1.55. The van der Waals surface area contributed by atoms with Crippen LogP contribution in [0.5, 0.6) is 11.5 Å². The summed E-state index contributed by atoms with van der Waals surface area (Å²) in [5.74, 6) is 1.12. The van der Waals surface area contributed by atoms with Gasteiger partial charge in [0.1, 0.15) is 6.61 Å². The molecule has 2 aromatic rings. The van der Waals surface area contributed by atoms with E-state index in [1.165, 1.54) is 0 Å². The van der Waals surface area contributed by atoms with E-state index in [0.717, 1.165) is 17.2 Å². The fourth-order valence-electron chi connectivity index (χ4n) is 2.72. The number of benzene rings is 2. The molecule has 6 nitrogen and oxygen atoms in total. The first-order valence-corrected chi connectivity index (χ1v) is 11.1. The van der Waals surface area contributed by atoms with Crippen LogP contribution in [0.25, 0.3) is 0 Å². The Labute approximate surface area is 165 Å². The molecule has 0 aromatic heterocycles. The number of fused-ring (bicyclic) bond motifs is 1. The number of para-hydroxylation sites is 1. The Balaban J connectivity index is 1.37. The van der Waals surface area contributed by atoms with Gasteiger partial charge in [-0.3, -0.25) is 0 Å². The quantitative estimate of drug-likeness (QED) is 0.374. The zero-order valence-electron chi connectivity index (χ0n) is 15.0. The summed E-state index contributed by atoms with van der Waals surface area (Å²) in [6.07, 6.45) is 2.06. The van der Waals surface area contributed by atoms with Crippen molar-refractivity contribution in [2.75, 3.05) is 25.5 Å². The van der Waals surface area contributed by atoms with Crippen LogP contribution in [0, 0.1) is 0 Å². The minimum Gasteiger partial charge on any atom is 0.122 e. The van der Waals surface area contributed by atoms with E-state index in [9.17, 15) is 9.59 Å². The monoisotopic (exact) mass is 430 g/mol. The SMILES string of the molecule is Nc1ccccc1[AsH]C(=O)CCCCNC(=O)c1ccc2c(c1)OCCO2. The van der Waals surface area contributed by atoms with Crippen molar-refractivity contribution in [2.45, 2.75) is 19.3 Å². The molecule has 1 atom stereocenters. The fourth-order valence-corrected chi connectivity index (χ4v) is 4.84. The summed E-state index contributed by atoms with van der Waals surface area (Å²) in [7, 11) is 0. The third-order valence-electron chi connectivity index (χ3n) is 4.16. The first kappa shape index (κ1) is 19.3. The number of anilines is 1. The number of nitrogens with two attached hydrogens (primary N) is 1. The summed E-state index contributed by atoms with van der Waals surface area (Å²) in [6, 6.07) is 12.7. The Bertz CT molecular complexity index is 825. The van der Waals surface area contributed by atoms with Crippen molar-refractivity contribution in [3.8, 4) is 11.5 Å². The van der Waals surface area contributed by atoms with Crippen molar-refractivity contribution in [3.63, 3.8) is 0 Å². The van der Waals surface area contributed by atoms with E-state index in [-0.39, 0.29) is 10.5 Å². The zero-order valence-corrected chi connectivity index (χ0v) is 17.1. The molecule has 3 rings (SSSR count). The van der Waals surface area contributed by atoms with E-state index in [0.29, 0.717) is 48.9 Å². The van der Waals surface area contributed by atoms with Crippen LogP contribution in [-0.4, -0.2) is 46.0 Å². The van der Waals surface area contributed by atoms with Gasteiger partial charge in [-0.1, -0.05) is 0 Å². The van der Waals surface area contributed by atoms with Crippen LogP contribution in [0.2, 0.25) is 0 Å². The molecule has 0 aliphatic carbocycles. The molecule has 0 bridgehead atoms. The van der Waals surface area contributed by atoms with Crippen molar-refractivity contribution in [1.82, 2.24) is 5.32 Å². The molecule has 0 radical (unpaired) electrons. The summed E-state index contributed by atoms with van der Waals surface area (Å²) in [5.41, 5.74) is 7.14. The van der Waals surface area contributed by atoms with Crippen LogP contribution >= 0.6 is 0 Å². The predicted molar refractivity (Wildman–Crippen MR) is 106 cm³/mol. The average molecular weight is 430 g/mol. The van der Waals surface area contributed by atoms with Crippen molar-refractivity contribution < 1.29 is 19.1 Å². The van der Waals surface area contributed by atoms with Gasteiger partial charge in [0, 0.05) is 0 Å². The van der Waals surface area contributed by atoms with Gasteiger partial charge in [-0.05, 0) is 0 Å². The number of nitrogens with one attached hydrogen (secondary N) is 1. The van der Waals surface area contributed by atoms with Crippen LogP contribution in [0.3, 0.4) is 0 Å². The number of ether oxygens (including phenoxy) is 2. The van der Waals surface area contributed by atoms with Gasteiger partial charge in [0.05, 0.1) is 0 Å². The smallest absolute Gasteiger partial charge is 0.122 e. The molecular formula is C20H23AsN2O4. The fraction of sp³-hybridized carbons (Fsp3) is 0.300. The second kappa shape index (κ2) is 9.47. The summed E-state index contributed by atoms with van der Waals surface area (Å²) < 4.78 is 12.2. The first-order chi connectivity index (χ1) is 13.1. The van der Waals surface area contributed by atoms with E-state index in [4.69, 9.17) is 15.2 Å². The number of rotatable bonds is 8. The maximum absolute atomic E-state index is 12.2. The van der Waals surface area contributed by atoms with E-state index in [1.54, 1.807) is 18.2 Å². The van der Waals surface area contributed by atoms with Crippen LogP contribution < -0.4 is 24.9 Å². The van der Waals surface area contributed by atoms with Gasteiger partial charge >= 0.3 is 158 Å². The first-order valence-electron chi connectivity index (χ1n) is 8.96. The third-order valence-corrected chi connectivity index (χ3v) is 6.79. The van der Waals surface area contributed by atoms with Crippen LogP contribution in [-0.2, 0) is 4.79 Å². The zero-order chi connectivity index (χ0) is 19.1. The number of unbranched alkanes of at least 4 members (excludes halogenated alkanes) is 1. The Kier molecular flexibility index (Phi) is 6.77. The van der Waals surface area contributed by atoms with Crippen LogP contribution in [0.15, 0.2) is 42.5 Å². The Morgan fingerprint density at radius 2 is 1.81 bits per heavy atom. The van der Waals surface area contributed by atoms with Gasteiger partial charge in [0.2, 0.25) is 0 Å². The molecule has 1 aliphatic heterocycles. The molecule has 1 amide bonds. The minimum atomic E-state index is -0.858. The Morgan fingerprint density at radius 1 is 1.04 bits per heavy atom. The molecule has 7 heteroatoms. The minimum absolute atomic E-state index is 0.149. The molecule has 3 N–H and O–H groups in total. The number of amides is 1. The van der Waals surface area contributed by atoms with Crippen molar-refractivity contribution in [1.29, 1.82) is 0 Å². The van der Waals surface area contributed by atoms with Crippen LogP contribution in [0.4, 0.5) is 5.69 Å². The number of nitrogen functional groups attached to an aromatic ring is 1. The molecule has 1 unspecified atom stereocenters. The average Bonchev–Trinajstić information content (AvgIpc) is 2.69. The van der Waals surface area contributed by atoms with Gasteiger partial charge in [0.25, 0.3) is 0 Å². The maximum atomic E-state index is 12.2. The normalized spacial score (nSPS) is 12.9. The summed E-state index contributed by atoms with van der Waals surface area (Å²) in [4.78, 5) is 24.3. The molecular weight excluding hydrogens is 407 g/mol. The Hall–Kier alpha value is -2.46.